The number of nitrogens with zero attached hydrogens (tertiary/aromatic N) is 3. The summed E-state index contributed by atoms with van der Waals surface area (Å²) in [4.78, 5) is 19.1. The average Bonchev–Trinajstić information content (AvgIpc) is 2.83. The molecule has 0 bridgehead atoms. The maximum Gasteiger partial charge on any atom is 0.350 e. The van der Waals surface area contributed by atoms with Crippen LogP contribution in [0, 0.1) is 25.1 Å². The van der Waals surface area contributed by atoms with Crippen molar-refractivity contribution < 1.29 is 4.39 Å². The molecule has 110 valence electrons. The van der Waals surface area contributed by atoms with Crippen molar-refractivity contribution in [2.75, 3.05) is 5.75 Å². The van der Waals surface area contributed by atoms with Gasteiger partial charge in [-0.05, 0) is 24.6 Å². The Balaban J connectivity index is 2.23. The third-order valence-electron chi connectivity index (χ3n) is 3.07. The molecule has 2 aromatic heterocycles. The van der Waals surface area contributed by atoms with Crippen LogP contribution in [-0.2, 0) is 0 Å². The van der Waals surface area contributed by atoms with Gasteiger partial charge in [0.25, 0.3) is 0 Å². The SMILES string of the molecule is C#CCSc1nc2c(-c3ccc(F)cc3)c(C)nn2c(=O)[nH]1. The zero-order chi connectivity index (χ0) is 15.7. The maximum atomic E-state index is 13.1. The van der Waals surface area contributed by atoms with Gasteiger partial charge in [-0.2, -0.15) is 9.61 Å². The molecule has 7 heteroatoms. The Morgan fingerprint density at radius 1 is 1.41 bits per heavy atom. The van der Waals surface area contributed by atoms with Crippen LogP contribution in [0.3, 0.4) is 0 Å². The highest BCUT2D eigenvalue weighted by Crippen LogP contribution is 2.27. The van der Waals surface area contributed by atoms with Crippen molar-refractivity contribution in [3.63, 3.8) is 0 Å². The maximum absolute atomic E-state index is 13.1. The Labute approximate surface area is 129 Å². The van der Waals surface area contributed by atoms with Gasteiger partial charge in [0.05, 0.1) is 11.4 Å². The minimum atomic E-state index is -0.388. The second-order valence-corrected chi connectivity index (χ2v) is 5.51. The summed E-state index contributed by atoms with van der Waals surface area (Å²) in [5.74, 6) is 2.55. The van der Waals surface area contributed by atoms with E-state index in [9.17, 15) is 9.18 Å². The van der Waals surface area contributed by atoms with E-state index in [4.69, 9.17) is 6.42 Å². The molecule has 0 unspecified atom stereocenters. The molecule has 0 radical (unpaired) electrons. The number of H-pyrrole nitrogens is 1. The first-order valence-electron chi connectivity index (χ1n) is 6.42. The fourth-order valence-electron chi connectivity index (χ4n) is 2.16. The lowest BCUT2D eigenvalue weighted by Gasteiger charge is -2.02. The summed E-state index contributed by atoms with van der Waals surface area (Å²) in [7, 11) is 0. The zero-order valence-corrected chi connectivity index (χ0v) is 12.4. The van der Waals surface area contributed by atoms with E-state index < -0.39 is 0 Å². The van der Waals surface area contributed by atoms with E-state index in [-0.39, 0.29) is 11.5 Å². The molecule has 22 heavy (non-hydrogen) atoms. The number of hydrogen-bond donors (Lipinski definition) is 1. The lowest BCUT2D eigenvalue weighted by molar-refractivity contribution is 0.628. The number of hydrogen-bond acceptors (Lipinski definition) is 4. The van der Waals surface area contributed by atoms with E-state index in [2.05, 4.69) is 21.0 Å². The van der Waals surface area contributed by atoms with Crippen LogP contribution in [0.15, 0.2) is 34.2 Å². The van der Waals surface area contributed by atoms with E-state index in [1.54, 1.807) is 19.1 Å². The quantitative estimate of drug-likeness (QED) is 0.595. The number of aryl methyl sites for hydroxylation is 1. The molecule has 0 saturated heterocycles. The van der Waals surface area contributed by atoms with Crippen molar-refractivity contribution in [3.8, 4) is 23.5 Å². The lowest BCUT2D eigenvalue weighted by atomic mass is 10.1. The van der Waals surface area contributed by atoms with Crippen molar-refractivity contribution in [2.24, 2.45) is 0 Å². The van der Waals surface area contributed by atoms with Crippen LogP contribution in [0.5, 0.6) is 0 Å². The third-order valence-corrected chi connectivity index (χ3v) is 3.85. The molecule has 0 fully saturated rings. The number of nitrogens with one attached hydrogen (secondary N) is 1. The normalized spacial score (nSPS) is 10.8. The second-order valence-electron chi connectivity index (χ2n) is 4.54. The van der Waals surface area contributed by atoms with Crippen molar-refractivity contribution in [3.05, 3.63) is 46.3 Å². The van der Waals surface area contributed by atoms with Gasteiger partial charge in [-0.25, -0.2) is 14.2 Å². The summed E-state index contributed by atoms with van der Waals surface area (Å²) in [6.07, 6.45) is 5.22. The van der Waals surface area contributed by atoms with Gasteiger partial charge >= 0.3 is 5.69 Å². The van der Waals surface area contributed by atoms with Crippen LogP contribution in [0.2, 0.25) is 0 Å². The van der Waals surface area contributed by atoms with Gasteiger partial charge in [0.1, 0.15) is 5.82 Å². The summed E-state index contributed by atoms with van der Waals surface area (Å²) < 4.78 is 14.3. The molecule has 1 aromatic carbocycles. The Morgan fingerprint density at radius 3 is 2.82 bits per heavy atom. The van der Waals surface area contributed by atoms with Gasteiger partial charge in [0, 0.05) is 5.56 Å². The molecular formula is C15H11FN4OS. The highest BCUT2D eigenvalue weighted by Gasteiger charge is 2.16. The molecule has 0 aliphatic carbocycles. The van der Waals surface area contributed by atoms with Crippen LogP contribution >= 0.6 is 11.8 Å². The summed E-state index contributed by atoms with van der Waals surface area (Å²) in [5.41, 5.74) is 2.13. The Morgan fingerprint density at radius 2 is 2.14 bits per heavy atom. The topological polar surface area (TPSA) is 63.1 Å². The minimum Gasteiger partial charge on any atom is -0.285 e. The van der Waals surface area contributed by atoms with Gasteiger partial charge in [0.15, 0.2) is 10.8 Å². The van der Waals surface area contributed by atoms with Crippen LogP contribution in [-0.4, -0.2) is 25.3 Å². The summed E-state index contributed by atoms with van der Waals surface area (Å²) in [6.45, 7) is 1.78. The molecule has 0 saturated carbocycles. The van der Waals surface area contributed by atoms with Crippen molar-refractivity contribution in [2.45, 2.75) is 12.1 Å². The number of aromatic amines is 1. The lowest BCUT2D eigenvalue weighted by Crippen LogP contribution is -2.19. The fraction of sp³-hybridized carbons (Fsp3) is 0.133. The molecule has 0 spiro atoms. The molecule has 3 aromatic rings. The number of fused-ring (bicyclic) bond motifs is 1. The number of terminal acetylenes is 1. The van der Waals surface area contributed by atoms with Crippen molar-refractivity contribution in [1.29, 1.82) is 0 Å². The van der Waals surface area contributed by atoms with Crippen molar-refractivity contribution >= 4 is 17.4 Å². The van der Waals surface area contributed by atoms with Gasteiger partial charge in [-0.3, -0.25) is 4.98 Å². The average molecular weight is 314 g/mol. The van der Waals surface area contributed by atoms with E-state index in [0.29, 0.717) is 27.8 Å². The largest absolute Gasteiger partial charge is 0.350 e. The van der Waals surface area contributed by atoms with Crippen LogP contribution in [0.1, 0.15) is 5.69 Å². The van der Waals surface area contributed by atoms with E-state index >= 15 is 0 Å². The molecule has 5 nitrogen and oxygen atoms in total. The van der Waals surface area contributed by atoms with Gasteiger partial charge in [-0.1, -0.05) is 29.8 Å². The Kier molecular flexibility index (Phi) is 3.69. The molecule has 2 heterocycles. The van der Waals surface area contributed by atoms with E-state index in [1.807, 2.05) is 0 Å². The Hall–Kier alpha value is -2.59. The second kappa shape index (κ2) is 5.66. The predicted octanol–water partition coefficient (Wildman–Crippen LogP) is 2.26. The smallest absolute Gasteiger partial charge is 0.285 e. The van der Waals surface area contributed by atoms with Crippen LogP contribution in [0.25, 0.3) is 16.8 Å². The van der Waals surface area contributed by atoms with E-state index in [0.717, 1.165) is 5.56 Å². The first kappa shape index (κ1) is 14.4. The van der Waals surface area contributed by atoms with Crippen molar-refractivity contribution in [1.82, 2.24) is 19.6 Å². The number of thioether (sulfide) groups is 1. The monoisotopic (exact) mass is 314 g/mol. The molecule has 0 atom stereocenters. The number of rotatable bonds is 3. The molecule has 0 amide bonds. The number of aromatic nitrogens is 4. The highest BCUT2D eigenvalue weighted by molar-refractivity contribution is 7.99. The standard InChI is InChI=1S/C15H11FN4OS/c1-3-8-22-14-17-13-12(10-4-6-11(16)7-5-10)9(2)19-20(13)15(21)18-14/h1,4-7H,8H2,2H3,(H,17,18,21). The number of benzene rings is 1. The number of halogens is 1. The minimum absolute atomic E-state index is 0.325. The molecular weight excluding hydrogens is 303 g/mol. The molecule has 0 aliphatic heterocycles. The first-order valence-corrected chi connectivity index (χ1v) is 7.40. The van der Waals surface area contributed by atoms with Gasteiger partial charge in [-0.15, -0.1) is 6.42 Å². The molecule has 0 aliphatic rings. The highest BCUT2D eigenvalue weighted by atomic mass is 32.2. The molecule has 1 N–H and O–H groups in total. The van der Waals surface area contributed by atoms with E-state index in [1.165, 1.54) is 28.4 Å². The van der Waals surface area contributed by atoms with Gasteiger partial charge < -0.3 is 0 Å². The summed E-state index contributed by atoms with van der Waals surface area (Å²) in [6, 6.07) is 5.99. The summed E-state index contributed by atoms with van der Waals surface area (Å²) in [5, 5.41) is 4.63. The Bertz CT molecular complexity index is 937. The zero-order valence-electron chi connectivity index (χ0n) is 11.6. The van der Waals surface area contributed by atoms with Crippen LogP contribution in [0.4, 0.5) is 4.39 Å². The predicted molar refractivity (Wildman–Crippen MR) is 83.3 cm³/mol. The first-order chi connectivity index (χ1) is 10.6. The van der Waals surface area contributed by atoms with Crippen LogP contribution < -0.4 is 5.69 Å². The third kappa shape index (κ3) is 2.49. The fourth-order valence-corrected chi connectivity index (χ4v) is 2.69. The summed E-state index contributed by atoms with van der Waals surface area (Å²) >= 11 is 1.26. The molecule has 3 rings (SSSR count). The van der Waals surface area contributed by atoms with Gasteiger partial charge in [0.2, 0.25) is 0 Å².